The van der Waals surface area contributed by atoms with Crippen molar-refractivity contribution in [3.8, 4) is 0 Å². The van der Waals surface area contributed by atoms with E-state index in [1.165, 1.54) is 12.8 Å². The first-order chi connectivity index (χ1) is 9.49. The van der Waals surface area contributed by atoms with Gasteiger partial charge in [0.15, 0.2) is 0 Å². The molecule has 0 amide bonds. The molecular weight excluding hydrogens is 274 g/mol. The van der Waals surface area contributed by atoms with Gasteiger partial charge in [0, 0.05) is 19.1 Å². The highest BCUT2D eigenvalue weighted by atomic mass is 32.2. The number of rotatable bonds is 8. The van der Waals surface area contributed by atoms with Crippen molar-refractivity contribution in [1.29, 1.82) is 0 Å². The number of likely N-dealkylation sites (tertiary alicyclic amines) is 1. The summed E-state index contributed by atoms with van der Waals surface area (Å²) >= 11 is 0. The zero-order valence-electron chi connectivity index (χ0n) is 12.8. The van der Waals surface area contributed by atoms with Crippen LogP contribution in [-0.4, -0.2) is 69.2 Å². The summed E-state index contributed by atoms with van der Waals surface area (Å²) in [4.78, 5) is 2.26. The Morgan fingerprint density at radius 3 is 2.40 bits per heavy atom. The lowest BCUT2D eigenvalue weighted by atomic mass is 10.1. The normalized spacial score (nSPS) is 22.6. The van der Waals surface area contributed by atoms with Crippen LogP contribution in [-0.2, 0) is 10.0 Å². The molecule has 6 heteroatoms. The molecule has 0 bridgehead atoms. The van der Waals surface area contributed by atoms with E-state index >= 15 is 0 Å². The molecule has 1 saturated carbocycles. The third-order valence-corrected chi connectivity index (χ3v) is 6.46. The Hall–Kier alpha value is -0.170. The summed E-state index contributed by atoms with van der Waals surface area (Å²) in [6.45, 7) is 2.95. The first-order valence-corrected chi connectivity index (χ1v) is 9.47. The van der Waals surface area contributed by atoms with Crippen LogP contribution >= 0.6 is 0 Å². The molecule has 2 rings (SSSR count). The van der Waals surface area contributed by atoms with Gasteiger partial charge in [-0.25, -0.2) is 12.7 Å². The molecule has 1 N–H and O–H groups in total. The summed E-state index contributed by atoms with van der Waals surface area (Å²) in [5.41, 5.74) is 0. The maximum absolute atomic E-state index is 12.3. The highest BCUT2D eigenvalue weighted by Gasteiger charge is 2.28. The molecule has 5 nitrogen and oxygen atoms in total. The topological polar surface area (TPSA) is 52.7 Å². The van der Waals surface area contributed by atoms with Crippen molar-refractivity contribution >= 4 is 10.0 Å². The number of piperidine rings is 1. The number of sulfonamides is 1. The van der Waals surface area contributed by atoms with Crippen LogP contribution in [0.2, 0.25) is 0 Å². The molecule has 118 valence electrons. The largest absolute Gasteiger partial charge is 0.314 e. The van der Waals surface area contributed by atoms with E-state index in [9.17, 15) is 8.42 Å². The highest BCUT2D eigenvalue weighted by Crippen LogP contribution is 2.19. The van der Waals surface area contributed by atoms with E-state index in [4.69, 9.17) is 0 Å². The van der Waals surface area contributed by atoms with Crippen LogP contribution in [0, 0.1) is 0 Å². The van der Waals surface area contributed by atoms with E-state index in [-0.39, 0.29) is 6.04 Å². The second kappa shape index (κ2) is 7.20. The third kappa shape index (κ3) is 4.98. The predicted molar refractivity (Wildman–Crippen MR) is 82.3 cm³/mol. The van der Waals surface area contributed by atoms with Crippen molar-refractivity contribution in [2.75, 3.05) is 39.5 Å². The molecule has 1 aliphatic heterocycles. The Kier molecular flexibility index (Phi) is 5.84. The third-order valence-electron chi connectivity index (χ3n) is 4.48. The molecule has 0 aromatic carbocycles. The van der Waals surface area contributed by atoms with E-state index < -0.39 is 10.0 Å². The molecule has 0 spiro atoms. The fourth-order valence-electron chi connectivity index (χ4n) is 2.73. The van der Waals surface area contributed by atoms with Crippen LogP contribution in [0.25, 0.3) is 0 Å². The zero-order valence-corrected chi connectivity index (χ0v) is 13.7. The van der Waals surface area contributed by atoms with Gasteiger partial charge in [0.05, 0.1) is 5.75 Å². The summed E-state index contributed by atoms with van der Waals surface area (Å²) < 4.78 is 26.3. The van der Waals surface area contributed by atoms with Gasteiger partial charge in [0.25, 0.3) is 0 Å². The Bertz CT molecular complexity index is 387. The Balaban J connectivity index is 1.67. The number of hydrogen-bond acceptors (Lipinski definition) is 4. The Morgan fingerprint density at radius 1 is 1.15 bits per heavy atom. The lowest BCUT2D eigenvalue weighted by molar-refractivity contribution is 0.197. The molecule has 0 unspecified atom stereocenters. The summed E-state index contributed by atoms with van der Waals surface area (Å²) in [6.07, 6.45) is 6.20. The molecule has 0 atom stereocenters. The van der Waals surface area contributed by atoms with E-state index in [1.807, 2.05) is 0 Å². The molecule has 0 radical (unpaired) electrons. The lowest BCUT2D eigenvalue weighted by Crippen LogP contribution is -2.45. The molecule has 2 fully saturated rings. The zero-order chi connectivity index (χ0) is 14.6. The molecule has 20 heavy (non-hydrogen) atoms. The second-order valence-electron chi connectivity index (χ2n) is 6.30. The number of unbranched alkanes of at least 4 members (excludes halogenated alkanes) is 1. The van der Waals surface area contributed by atoms with Crippen molar-refractivity contribution in [3.05, 3.63) is 0 Å². The average molecular weight is 303 g/mol. The second-order valence-corrected chi connectivity index (χ2v) is 8.45. The van der Waals surface area contributed by atoms with Gasteiger partial charge in [0.1, 0.15) is 0 Å². The van der Waals surface area contributed by atoms with E-state index in [0.717, 1.165) is 45.3 Å². The number of nitrogens with one attached hydrogen (secondary N) is 1. The summed E-state index contributed by atoms with van der Waals surface area (Å²) in [7, 11) is 0.777. The standard InChI is InChI=1S/C14H29N3O2S/c1-16-10-7-14(8-11-16)17(2)20(18,19)12-4-3-9-15-13-5-6-13/h13-15H,3-12H2,1-2H3. The minimum Gasteiger partial charge on any atom is -0.314 e. The molecule has 0 aromatic rings. The molecule has 1 aliphatic carbocycles. The minimum absolute atomic E-state index is 0.195. The molecule has 0 aromatic heterocycles. The summed E-state index contributed by atoms with van der Waals surface area (Å²) in [5.74, 6) is 0.294. The van der Waals surface area contributed by atoms with Crippen LogP contribution in [0.15, 0.2) is 0 Å². The van der Waals surface area contributed by atoms with Crippen LogP contribution in [0.4, 0.5) is 0 Å². The van der Waals surface area contributed by atoms with Crippen molar-refractivity contribution in [2.24, 2.45) is 0 Å². The minimum atomic E-state index is -3.08. The van der Waals surface area contributed by atoms with Crippen molar-refractivity contribution in [3.63, 3.8) is 0 Å². The first kappa shape index (κ1) is 16.2. The van der Waals surface area contributed by atoms with Gasteiger partial charge in [-0.05, 0) is 65.2 Å². The average Bonchev–Trinajstić information content (AvgIpc) is 3.22. The smallest absolute Gasteiger partial charge is 0.214 e. The fourth-order valence-corrected chi connectivity index (χ4v) is 4.25. The van der Waals surface area contributed by atoms with Gasteiger partial charge in [0.2, 0.25) is 10.0 Å². The molecule has 1 heterocycles. The van der Waals surface area contributed by atoms with Gasteiger partial charge >= 0.3 is 0 Å². The van der Waals surface area contributed by atoms with Crippen LogP contribution in [0.5, 0.6) is 0 Å². The number of hydrogen-bond donors (Lipinski definition) is 1. The van der Waals surface area contributed by atoms with Gasteiger partial charge in [-0.15, -0.1) is 0 Å². The Labute approximate surface area is 123 Å². The fraction of sp³-hybridized carbons (Fsp3) is 1.00. The maximum Gasteiger partial charge on any atom is 0.214 e. The van der Waals surface area contributed by atoms with Crippen molar-refractivity contribution in [2.45, 2.75) is 50.6 Å². The van der Waals surface area contributed by atoms with Gasteiger partial charge < -0.3 is 10.2 Å². The van der Waals surface area contributed by atoms with Gasteiger partial charge in [-0.1, -0.05) is 0 Å². The quantitative estimate of drug-likeness (QED) is 0.676. The highest BCUT2D eigenvalue weighted by molar-refractivity contribution is 7.89. The van der Waals surface area contributed by atoms with Crippen LogP contribution in [0.1, 0.15) is 38.5 Å². The number of nitrogens with zero attached hydrogens (tertiary/aromatic N) is 2. The maximum atomic E-state index is 12.3. The SMILES string of the molecule is CN1CCC(N(C)S(=O)(=O)CCCCNC2CC2)CC1. The molecule has 1 saturated heterocycles. The van der Waals surface area contributed by atoms with Gasteiger partial charge in [-0.3, -0.25) is 0 Å². The van der Waals surface area contributed by atoms with Crippen LogP contribution < -0.4 is 5.32 Å². The first-order valence-electron chi connectivity index (χ1n) is 7.86. The van der Waals surface area contributed by atoms with Crippen LogP contribution in [0.3, 0.4) is 0 Å². The van der Waals surface area contributed by atoms with E-state index in [1.54, 1.807) is 11.4 Å². The molecule has 2 aliphatic rings. The van der Waals surface area contributed by atoms with E-state index in [0.29, 0.717) is 11.8 Å². The Morgan fingerprint density at radius 2 is 1.80 bits per heavy atom. The summed E-state index contributed by atoms with van der Waals surface area (Å²) in [6, 6.07) is 0.911. The monoisotopic (exact) mass is 303 g/mol. The predicted octanol–water partition coefficient (Wildman–Crippen LogP) is 0.874. The van der Waals surface area contributed by atoms with Crippen molar-refractivity contribution < 1.29 is 8.42 Å². The van der Waals surface area contributed by atoms with E-state index in [2.05, 4.69) is 17.3 Å². The lowest BCUT2D eigenvalue weighted by Gasteiger charge is -2.34. The van der Waals surface area contributed by atoms with Crippen molar-refractivity contribution in [1.82, 2.24) is 14.5 Å². The molecular formula is C14H29N3O2S. The van der Waals surface area contributed by atoms with Gasteiger partial charge in [-0.2, -0.15) is 0 Å². The summed E-state index contributed by atoms with van der Waals surface area (Å²) in [5, 5.41) is 3.43.